The second kappa shape index (κ2) is 7.79. The molecule has 0 aromatic heterocycles. The minimum atomic E-state index is -0.618. The van der Waals surface area contributed by atoms with Crippen LogP contribution in [0.4, 0.5) is 4.39 Å². The van der Waals surface area contributed by atoms with Gasteiger partial charge in [0.2, 0.25) is 5.91 Å². The zero-order valence-corrected chi connectivity index (χ0v) is 10.5. The van der Waals surface area contributed by atoms with Crippen molar-refractivity contribution in [2.45, 2.75) is 19.4 Å². The van der Waals surface area contributed by atoms with Crippen molar-refractivity contribution in [3.63, 3.8) is 0 Å². The van der Waals surface area contributed by atoms with Crippen LogP contribution in [-0.2, 0) is 11.3 Å². The topological polar surface area (TPSA) is 64.3 Å². The smallest absolute Gasteiger partial charge is 0.248 e. The van der Waals surface area contributed by atoms with Crippen LogP contribution in [0, 0.1) is 5.82 Å². The van der Waals surface area contributed by atoms with Gasteiger partial charge in [0.25, 0.3) is 0 Å². The van der Waals surface area contributed by atoms with Gasteiger partial charge in [-0.2, -0.15) is 0 Å². The summed E-state index contributed by atoms with van der Waals surface area (Å²) in [6.45, 7) is 1.99. The molecule has 4 nitrogen and oxygen atoms in total. The Morgan fingerprint density at radius 3 is 2.83 bits per heavy atom. The molecule has 0 bridgehead atoms. The quantitative estimate of drug-likeness (QED) is 0.690. The second-order valence-corrected chi connectivity index (χ2v) is 4.05. The number of amides is 1. The van der Waals surface area contributed by atoms with Crippen molar-refractivity contribution in [1.82, 2.24) is 5.32 Å². The number of nitrogens with two attached hydrogens (primary N) is 1. The average molecular weight is 254 g/mol. The highest BCUT2D eigenvalue weighted by Crippen LogP contribution is 2.10. The fraction of sp³-hybridized carbons (Fsp3) is 0.462. The van der Waals surface area contributed by atoms with E-state index < -0.39 is 11.7 Å². The number of carbonyl (C=O) groups is 1. The lowest BCUT2D eigenvalue weighted by Gasteiger charge is -2.06. The number of ether oxygens (including phenoxy) is 1. The van der Waals surface area contributed by atoms with Crippen molar-refractivity contribution >= 4 is 5.91 Å². The summed E-state index contributed by atoms with van der Waals surface area (Å²) < 4.78 is 18.5. The van der Waals surface area contributed by atoms with Crippen LogP contribution in [0.1, 0.15) is 28.8 Å². The van der Waals surface area contributed by atoms with E-state index in [2.05, 4.69) is 5.32 Å². The molecule has 0 aliphatic heterocycles. The van der Waals surface area contributed by atoms with Crippen molar-refractivity contribution in [3.8, 4) is 0 Å². The third-order valence-corrected chi connectivity index (χ3v) is 2.61. The first-order valence-corrected chi connectivity index (χ1v) is 5.93. The van der Waals surface area contributed by atoms with E-state index in [0.29, 0.717) is 12.1 Å². The third kappa shape index (κ3) is 4.81. The number of primary amides is 1. The van der Waals surface area contributed by atoms with Gasteiger partial charge in [0.1, 0.15) is 5.82 Å². The molecule has 0 aliphatic rings. The third-order valence-electron chi connectivity index (χ3n) is 2.61. The van der Waals surface area contributed by atoms with Gasteiger partial charge in [-0.3, -0.25) is 4.79 Å². The molecule has 5 heteroatoms. The average Bonchev–Trinajstić information content (AvgIpc) is 2.35. The van der Waals surface area contributed by atoms with E-state index in [1.165, 1.54) is 12.1 Å². The Hall–Kier alpha value is -1.46. The van der Waals surface area contributed by atoms with Crippen LogP contribution in [0.3, 0.4) is 0 Å². The van der Waals surface area contributed by atoms with Gasteiger partial charge in [0.05, 0.1) is 0 Å². The number of nitrogens with one attached hydrogen (secondary N) is 1. The molecule has 0 saturated carbocycles. The van der Waals surface area contributed by atoms with Gasteiger partial charge < -0.3 is 15.8 Å². The van der Waals surface area contributed by atoms with E-state index in [4.69, 9.17) is 10.5 Å². The second-order valence-electron chi connectivity index (χ2n) is 4.05. The Morgan fingerprint density at radius 1 is 1.44 bits per heavy atom. The van der Waals surface area contributed by atoms with Gasteiger partial charge in [-0.25, -0.2) is 4.39 Å². The summed E-state index contributed by atoms with van der Waals surface area (Å²) >= 11 is 0. The highest BCUT2D eigenvalue weighted by atomic mass is 19.1. The van der Waals surface area contributed by atoms with E-state index in [0.717, 1.165) is 26.0 Å². The van der Waals surface area contributed by atoms with Gasteiger partial charge in [0, 0.05) is 31.4 Å². The molecule has 0 spiro atoms. The number of hydrogen-bond acceptors (Lipinski definition) is 3. The molecular formula is C13H19FN2O2. The minimum Gasteiger partial charge on any atom is -0.385 e. The fourth-order valence-corrected chi connectivity index (χ4v) is 1.56. The maximum Gasteiger partial charge on any atom is 0.248 e. The Kier molecular flexibility index (Phi) is 6.32. The molecule has 1 aromatic carbocycles. The lowest BCUT2D eigenvalue weighted by molar-refractivity contribution is 0.1000. The number of methoxy groups -OCH3 is 1. The van der Waals surface area contributed by atoms with E-state index in [9.17, 15) is 9.18 Å². The van der Waals surface area contributed by atoms with Crippen LogP contribution in [0.15, 0.2) is 18.2 Å². The van der Waals surface area contributed by atoms with Crippen molar-refractivity contribution in [1.29, 1.82) is 0 Å². The van der Waals surface area contributed by atoms with Crippen LogP contribution in [-0.4, -0.2) is 26.2 Å². The van der Waals surface area contributed by atoms with Crippen molar-refractivity contribution in [3.05, 3.63) is 35.1 Å². The van der Waals surface area contributed by atoms with Crippen LogP contribution in [0.2, 0.25) is 0 Å². The molecule has 3 N–H and O–H groups in total. The van der Waals surface area contributed by atoms with Crippen molar-refractivity contribution in [2.75, 3.05) is 20.3 Å². The summed E-state index contributed by atoms with van der Waals surface area (Å²) in [6.07, 6.45) is 1.96. The normalized spacial score (nSPS) is 10.6. The number of hydrogen-bond donors (Lipinski definition) is 2. The van der Waals surface area contributed by atoms with Crippen LogP contribution >= 0.6 is 0 Å². The number of carbonyl (C=O) groups excluding carboxylic acids is 1. The largest absolute Gasteiger partial charge is 0.385 e. The molecule has 0 heterocycles. The van der Waals surface area contributed by atoms with Gasteiger partial charge >= 0.3 is 0 Å². The van der Waals surface area contributed by atoms with Gasteiger partial charge in [0.15, 0.2) is 0 Å². The molecule has 1 aromatic rings. The Labute approximate surface area is 106 Å². The molecule has 1 amide bonds. The molecular weight excluding hydrogens is 235 g/mol. The molecule has 0 radical (unpaired) electrons. The van der Waals surface area contributed by atoms with Gasteiger partial charge in [-0.05, 0) is 31.5 Å². The van der Waals surface area contributed by atoms with E-state index in [1.54, 1.807) is 13.2 Å². The van der Waals surface area contributed by atoms with E-state index >= 15 is 0 Å². The number of rotatable bonds is 8. The first-order chi connectivity index (χ1) is 8.65. The van der Waals surface area contributed by atoms with Crippen molar-refractivity contribution in [2.24, 2.45) is 5.73 Å². The molecule has 18 heavy (non-hydrogen) atoms. The number of benzene rings is 1. The summed E-state index contributed by atoms with van der Waals surface area (Å²) in [6, 6.07) is 4.29. The minimum absolute atomic E-state index is 0.191. The van der Waals surface area contributed by atoms with Crippen molar-refractivity contribution < 1.29 is 13.9 Å². The van der Waals surface area contributed by atoms with Gasteiger partial charge in [-0.15, -0.1) is 0 Å². The molecule has 0 atom stereocenters. The molecule has 0 fully saturated rings. The predicted octanol–water partition coefficient (Wildman–Crippen LogP) is 1.44. The fourth-order valence-electron chi connectivity index (χ4n) is 1.56. The summed E-state index contributed by atoms with van der Waals surface area (Å²) in [5, 5.41) is 3.14. The number of halogens is 1. The van der Waals surface area contributed by atoms with Crippen LogP contribution in [0.25, 0.3) is 0 Å². The molecule has 100 valence electrons. The summed E-state index contributed by atoms with van der Waals surface area (Å²) in [7, 11) is 1.67. The van der Waals surface area contributed by atoms with E-state index in [-0.39, 0.29) is 5.56 Å². The Bertz CT molecular complexity index is 397. The summed E-state index contributed by atoms with van der Waals surface area (Å²) in [5.41, 5.74) is 5.79. The maximum absolute atomic E-state index is 13.6. The van der Waals surface area contributed by atoms with E-state index in [1.807, 2.05) is 0 Å². The molecule has 0 saturated heterocycles. The van der Waals surface area contributed by atoms with Crippen LogP contribution < -0.4 is 11.1 Å². The SMILES string of the molecule is COCCCCNCc1ccc(C(N)=O)cc1F. The first-order valence-electron chi connectivity index (χ1n) is 5.93. The Morgan fingerprint density at radius 2 is 2.22 bits per heavy atom. The molecule has 0 aliphatic carbocycles. The summed E-state index contributed by atoms with van der Waals surface area (Å²) in [4.78, 5) is 10.9. The van der Waals surface area contributed by atoms with Gasteiger partial charge in [-0.1, -0.05) is 6.07 Å². The Balaban J connectivity index is 2.36. The monoisotopic (exact) mass is 254 g/mol. The standard InChI is InChI=1S/C13H19FN2O2/c1-18-7-3-2-6-16-9-11-5-4-10(13(15)17)8-12(11)14/h4-5,8,16H,2-3,6-7,9H2,1H3,(H2,15,17). The lowest BCUT2D eigenvalue weighted by atomic mass is 10.1. The van der Waals surface area contributed by atoms with Crippen LogP contribution in [0.5, 0.6) is 0 Å². The first kappa shape index (κ1) is 14.6. The zero-order chi connectivity index (χ0) is 13.4. The summed E-state index contributed by atoms with van der Waals surface area (Å²) in [5.74, 6) is -1.02. The molecule has 0 unspecified atom stereocenters. The predicted molar refractivity (Wildman–Crippen MR) is 67.7 cm³/mol. The molecule has 1 rings (SSSR count). The highest BCUT2D eigenvalue weighted by molar-refractivity contribution is 5.92. The maximum atomic E-state index is 13.6. The number of unbranched alkanes of at least 4 members (excludes halogenated alkanes) is 1. The zero-order valence-electron chi connectivity index (χ0n) is 10.5. The highest BCUT2D eigenvalue weighted by Gasteiger charge is 2.06. The lowest BCUT2D eigenvalue weighted by Crippen LogP contribution is -2.17.